The Kier molecular flexibility index (Phi) is 6.17. The number of ether oxygens (including phenoxy) is 1. The third-order valence-electron chi connectivity index (χ3n) is 5.35. The molecule has 0 amide bonds. The average Bonchev–Trinajstić information content (AvgIpc) is 2.74. The van der Waals surface area contributed by atoms with Gasteiger partial charge in [-0.1, -0.05) is 30.3 Å². The summed E-state index contributed by atoms with van der Waals surface area (Å²) in [4.78, 5) is 13.9. The van der Waals surface area contributed by atoms with Gasteiger partial charge in [0.1, 0.15) is 5.82 Å². The quantitative estimate of drug-likeness (QED) is 0.846. The minimum atomic E-state index is 0.446. The summed E-state index contributed by atoms with van der Waals surface area (Å²) < 4.78 is 5.42. The Labute approximate surface area is 161 Å². The van der Waals surface area contributed by atoms with E-state index in [0.29, 0.717) is 6.04 Å². The van der Waals surface area contributed by atoms with Gasteiger partial charge in [-0.05, 0) is 37.4 Å². The van der Waals surface area contributed by atoms with Crippen LogP contribution in [0.5, 0.6) is 0 Å². The molecule has 2 aliphatic heterocycles. The number of nitrogens with zero attached hydrogens (tertiary/aromatic N) is 4. The van der Waals surface area contributed by atoms with Crippen molar-refractivity contribution in [1.29, 1.82) is 0 Å². The van der Waals surface area contributed by atoms with Crippen molar-refractivity contribution in [3.05, 3.63) is 48.2 Å². The molecule has 1 aromatic carbocycles. The van der Waals surface area contributed by atoms with Crippen LogP contribution in [0.2, 0.25) is 0 Å². The molecule has 0 radical (unpaired) electrons. The molecule has 144 valence electrons. The molecule has 1 aromatic heterocycles. The fourth-order valence-corrected chi connectivity index (χ4v) is 3.86. The van der Waals surface area contributed by atoms with Gasteiger partial charge in [-0.25, -0.2) is 4.98 Å². The SMILES string of the molecule is c1ccc(CCN2CCCC(Nc3ccnc(N4CCOCC4)n3)C2)cc1. The fourth-order valence-electron chi connectivity index (χ4n) is 3.86. The van der Waals surface area contributed by atoms with Gasteiger partial charge in [0.05, 0.1) is 13.2 Å². The third-order valence-corrected chi connectivity index (χ3v) is 5.35. The zero-order valence-corrected chi connectivity index (χ0v) is 15.9. The van der Waals surface area contributed by atoms with Gasteiger partial charge in [-0.3, -0.25) is 0 Å². The Hall–Kier alpha value is -2.18. The summed E-state index contributed by atoms with van der Waals surface area (Å²) in [5, 5.41) is 3.64. The van der Waals surface area contributed by atoms with Crippen LogP contribution < -0.4 is 10.2 Å². The van der Waals surface area contributed by atoms with E-state index < -0.39 is 0 Å². The minimum absolute atomic E-state index is 0.446. The van der Waals surface area contributed by atoms with Crippen molar-refractivity contribution in [2.75, 3.05) is 56.2 Å². The number of anilines is 2. The monoisotopic (exact) mass is 367 g/mol. The predicted molar refractivity (Wildman–Crippen MR) is 108 cm³/mol. The highest BCUT2D eigenvalue weighted by Crippen LogP contribution is 2.17. The van der Waals surface area contributed by atoms with Crippen molar-refractivity contribution in [2.45, 2.75) is 25.3 Å². The van der Waals surface area contributed by atoms with E-state index in [1.54, 1.807) is 0 Å². The zero-order valence-electron chi connectivity index (χ0n) is 15.9. The summed E-state index contributed by atoms with van der Waals surface area (Å²) in [6, 6.07) is 13.2. The summed E-state index contributed by atoms with van der Waals surface area (Å²) in [5.41, 5.74) is 1.42. The van der Waals surface area contributed by atoms with Crippen molar-refractivity contribution < 1.29 is 4.74 Å². The maximum absolute atomic E-state index is 5.42. The van der Waals surface area contributed by atoms with Crippen molar-refractivity contribution in [2.24, 2.45) is 0 Å². The van der Waals surface area contributed by atoms with Crippen LogP contribution in [-0.2, 0) is 11.2 Å². The van der Waals surface area contributed by atoms with Crippen molar-refractivity contribution >= 4 is 11.8 Å². The highest BCUT2D eigenvalue weighted by molar-refractivity contribution is 5.42. The van der Waals surface area contributed by atoms with Gasteiger partial charge >= 0.3 is 0 Å². The van der Waals surface area contributed by atoms with Crippen LogP contribution in [0.25, 0.3) is 0 Å². The second-order valence-electron chi connectivity index (χ2n) is 7.36. The smallest absolute Gasteiger partial charge is 0.227 e. The molecule has 2 aromatic rings. The standard InChI is InChI=1S/C21H29N5O/c1-2-5-18(6-3-1)9-12-25-11-4-7-19(17-25)23-20-8-10-22-21(24-20)26-13-15-27-16-14-26/h1-3,5-6,8,10,19H,4,7,9,11-17H2,(H,22,23,24). The molecule has 27 heavy (non-hydrogen) atoms. The first-order valence-corrected chi connectivity index (χ1v) is 10.1. The van der Waals surface area contributed by atoms with Crippen molar-refractivity contribution in [3.63, 3.8) is 0 Å². The number of rotatable bonds is 6. The second kappa shape index (κ2) is 9.15. The number of aromatic nitrogens is 2. The number of likely N-dealkylation sites (tertiary alicyclic amines) is 1. The van der Waals surface area contributed by atoms with E-state index in [4.69, 9.17) is 9.72 Å². The lowest BCUT2D eigenvalue weighted by Crippen LogP contribution is -2.43. The molecule has 6 nitrogen and oxygen atoms in total. The third kappa shape index (κ3) is 5.17. The summed E-state index contributed by atoms with van der Waals surface area (Å²) in [5.74, 6) is 1.74. The fraction of sp³-hybridized carbons (Fsp3) is 0.524. The lowest BCUT2D eigenvalue weighted by atomic mass is 10.0. The van der Waals surface area contributed by atoms with Gasteiger partial charge in [0, 0.05) is 38.4 Å². The van der Waals surface area contributed by atoms with Gasteiger partial charge in [0.15, 0.2) is 0 Å². The van der Waals surface area contributed by atoms with E-state index in [-0.39, 0.29) is 0 Å². The van der Waals surface area contributed by atoms with Gasteiger partial charge in [0.2, 0.25) is 5.95 Å². The predicted octanol–water partition coefficient (Wildman–Crippen LogP) is 2.43. The van der Waals surface area contributed by atoms with E-state index in [9.17, 15) is 0 Å². The molecule has 2 aliphatic rings. The van der Waals surface area contributed by atoms with E-state index >= 15 is 0 Å². The molecule has 4 rings (SSSR count). The summed E-state index contributed by atoms with van der Waals surface area (Å²) in [6.07, 6.45) is 5.39. The van der Waals surface area contributed by atoms with Crippen LogP contribution in [-0.4, -0.2) is 66.8 Å². The molecule has 1 unspecified atom stereocenters. The molecule has 2 fully saturated rings. The molecule has 0 bridgehead atoms. The lowest BCUT2D eigenvalue weighted by Gasteiger charge is -2.33. The van der Waals surface area contributed by atoms with Crippen LogP contribution in [0.1, 0.15) is 18.4 Å². The largest absolute Gasteiger partial charge is 0.378 e. The average molecular weight is 367 g/mol. The van der Waals surface area contributed by atoms with E-state index in [0.717, 1.165) is 57.6 Å². The normalized spacial score (nSPS) is 21.2. The molecule has 0 aliphatic carbocycles. The number of hydrogen-bond acceptors (Lipinski definition) is 6. The van der Waals surface area contributed by atoms with Crippen LogP contribution in [0.4, 0.5) is 11.8 Å². The molecule has 0 saturated carbocycles. The van der Waals surface area contributed by atoms with E-state index in [1.807, 2.05) is 12.3 Å². The van der Waals surface area contributed by atoms with Gasteiger partial charge in [0.25, 0.3) is 0 Å². The minimum Gasteiger partial charge on any atom is -0.378 e. The molecule has 2 saturated heterocycles. The highest BCUT2D eigenvalue weighted by atomic mass is 16.5. The Morgan fingerprint density at radius 2 is 1.93 bits per heavy atom. The van der Waals surface area contributed by atoms with Gasteiger partial charge in [-0.2, -0.15) is 4.98 Å². The van der Waals surface area contributed by atoms with Crippen LogP contribution in [0.3, 0.4) is 0 Å². The van der Waals surface area contributed by atoms with E-state index in [2.05, 4.69) is 50.4 Å². The number of benzene rings is 1. The Bertz CT molecular complexity index is 705. The van der Waals surface area contributed by atoms with Crippen molar-refractivity contribution in [3.8, 4) is 0 Å². The lowest BCUT2D eigenvalue weighted by molar-refractivity contribution is 0.122. The molecule has 0 spiro atoms. The first kappa shape index (κ1) is 18.2. The Balaban J connectivity index is 1.31. The number of piperidine rings is 1. The number of morpholine rings is 1. The number of nitrogens with one attached hydrogen (secondary N) is 1. The highest BCUT2D eigenvalue weighted by Gasteiger charge is 2.20. The van der Waals surface area contributed by atoms with Crippen LogP contribution >= 0.6 is 0 Å². The first-order valence-electron chi connectivity index (χ1n) is 10.1. The molecule has 1 atom stereocenters. The summed E-state index contributed by atoms with van der Waals surface area (Å²) >= 11 is 0. The summed E-state index contributed by atoms with van der Waals surface area (Å²) in [6.45, 7) is 6.60. The molecule has 6 heteroatoms. The first-order chi connectivity index (χ1) is 13.4. The van der Waals surface area contributed by atoms with Crippen LogP contribution in [0, 0.1) is 0 Å². The van der Waals surface area contributed by atoms with Crippen LogP contribution in [0.15, 0.2) is 42.6 Å². The Morgan fingerprint density at radius 3 is 2.78 bits per heavy atom. The Morgan fingerprint density at radius 1 is 1.07 bits per heavy atom. The zero-order chi connectivity index (χ0) is 18.3. The van der Waals surface area contributed by atoms with Crippen molar-refractivity contribution in [1.82, 2.24) is 14.9 Å². The molecular formula is C21H29N5O. The molecular weight excluding hydrogens is 338 g/mol. The second-order valence-corrected chi connectivity index (χ2v) is 7.36. The molecule has 3 heterocycles. The van der Waals surface area contributed by atoms with Gasteiger partial charge in [-0.15, -0.1) is 0 Å². The maximum atomic E-state index is 5.42. The van der Waals surface area contributed by atoms with E-state index in [1.165, 1.54) is 24.9 Å². The number of hydrogen-bond donors (Lipinski definition) is 1. The summed E-state index contributed by atoms with van der Waals surface area (Å²) in [7, 11) is 0. The topological polar surface area (TPSA) is 53.5 Å². The molecule has 1 N–H and O–H groups in total. The van der Waals surface area contributed by atoms with Gasteiger partial charge < -0.3 is 19.9 Å². The maximum Gasteiger partial charge on any atom is 0.227 e.